The maximum atomic E-state index is 11.3. The maximum Gasteiger partial charge on any atom is 0.315 e. The molecule has 0 spiro atoms. The van der Waals surface area contributed by atoms with E-state index in [9.17, 15) is 14.7 Å². The van der Waals surface area contributed by atoms with Gasteiger partial charge in [-0.15, -0.1) is 0 Å². The highest BCUT2D eigenvalue weighted by molar-refractivity contribution is 5.81. The van der Waals surface area contributed by atoms with Gasteiger partial charge in [-0.25, -0.2) is 4.79 Å². The molecule has 0 saturated heterocycles. The first-order chi connectivity index (χ1) is 6.99. The molecule has 0 aromatic heterocycles. The van der Waals surface area contributed by atoms with Crippen molar-refractivity contribution in [1.29, 1.82) is 0 Å². The fourth-order valence-electron chi connectivity index (χ4n) is 1.30. The van der Waals surface area contributed by atoms with Gasteiger partial charge in [-0.2, -0.15) is 0 Å². The monoisotopic (exact) mass is 213 g/mol. The number of carboxylic acid groups (broad SMARTS) is 1. The fourth-order valence-corrected chi connectivity index (χ4v) is 1.30. The molecule has 1 fully saturated rings. The van der Waals surface area contributed by atoms with Crippen LogP contribution in [0.4, 0.5) is 4.79 Å². The van der Waals surface area contributed by atoms with Crippen molar-refractivity contribution in [2.24, 2.45) is 5.92 Å². The van der Waals surface area contributed by atoms with E-state index in [1.807, 2.05) is 13.8 Å². The van der Waals surface area contributed by atoms with Crippen LogP contribution in [0.15, 0.2) is 0 Å². The van der Waals surface area contributed by atoms with Gasteiger partial charge in [0.2, 0.25) is 0 Å². The van der Waals surface area contributed by atoms with Gasteiger partial charge in [-0.1, -0.05) is 13.8 Å². The molecular formula is C10H17N2O3-. The summed E-state index contributed by atoms with van der Waals surface area (Å²) in [6.45, 7) is 3.80. The van der Waals surface area contributed by atoms with Crippen LogP contribution in [0.3, 0.4) is 0 Å². The predicted octanol–water partition coefficient (Wildman–Crippen LogP) is -0.387. The summed E-state index contributed by atoms with van der Waals surface area (Å²) in [7, 11) is 0. The third-order valence-corrected chi connectivity index (χ3v) is 2.21. The number of hydrogen-bond acceptors (Lipinski definition) is 3. The van der Waals surface area contributed by atoms with E-state index in [1.165, 1.54) is 0 Å². The summed E-state index contributed by atoms with van der Waals surface area (Å²) in [6, 6.07) is -1.08. The van der Waals surface area contributed by atoms with E-state index in [0.717, 1.165) is 12.8 Å². The molecule has 1 aliphatic carbocycles. The number of carbonyl (C=O) groups is 2. The summed E-state index contributed by atoms with van der Waals surface area (Å²) >= 11 is 0. The third kappa shape index (κ3) is 4.67. The van der Waals surface area contributed by atoms with Crippen LogP contribution < -0.4 is 15.7 Å². The van der Waals surface area contributed by atoms with E-state index in [4.69, 9.17) is 0 Å². The highest BCUT2D eigenvalue weighted by Crippen LogP contribution is 2.18. The minimum atomic E-state index is -1.23. The first-order valence-electron chi connectivity index (χ1n) is 5.27. The van der Waals surface area contributed by atoms with Gasteiger partial charge in [-0.05, 0) is 25.2 Å². The zero-order chi connectivity index (χ0) is 11.4. The predicted molar refractivity (Wildman–Crippen MR) is 52.9 cm³/mol. The van der Waals surface area contributed by atoms with Gasteiger partial charge < -0.3 is 20.5 Å². The van der Waals surface area contributed by atoms with Crippen LogP contribution in [0.25, 0.3) is 0 Å². The van der Waals surface area contributed by atoms with Crippen molar-refractivity contribution in [1.82, 2.24) is 10.6 Å². The number of aliphatic carboxylic acids is 1. The number of hydrogen-bond donors (Lipinski definition) is 2. The van der Waals surface area contributed by atoms with Gasteiger partial charge in [0, 0.05) is 6.04 Å². The molecule has 0 radical (unpaired) electrons. The smallest absolute Gasteiger partial charge is 0.315 e. The number of amides is 2. The second-order valence-electron chi connectivity index (χ2n) is 4.39. The van der Waals surface area contributed by atoms with Gasteiger partial charge in [-0.3, -0.25) is 0 Å². The van der Waals surface area contributed by atoms with E-state index in [0.29, 0.717) is 6.42 Å². The van der Waals surface area contributed by atoms with Crippen molar-refractivity contribution in [2.45, 2.75) is 45.2 Å². The van der Waals surface area contributed by atoms with E-state index in [2.05, 4.69) is 10.6 Å². The minimum Gasteiger partial charge on any atom is -0.548 e. The van der Waals surface area contributed by atoms with Crippen molar-refractivity contribution in [2.75, 3.05) is 0 Å². The average molecular weight is 213 g/mol. The number of carbonyl (C=O) groups excluding carboxylic acids is 2. The topological polar surface area (TPSA) is 81.3 Å². The Labute approximate surface area is 89.2 Å². The molecule has 5 nitrogen and oxygen atoms in total. The van der Waals surface area contributed by atoms with Gasteiger partial charge in [0.15, 0.2) is 0 Å². The molecule has 1 saturated carbocycles. The van der Waals surface area contributed by atoms with E-state index in [1.54, 1.807) is 0 Å². The summed E-state index contributed by atoms with van der Waals surface area (Å²) in [4.78, 5) is 22.0. The SMILES string of the molecule is CC(C)C[C@H](NC(=O)NC1CC1)C(=O)[O-]. The minimum absolute atomic E-state index is 0.203. The Hall–Kier alpha value is -1.26. The lowest BCUT2D eigenvalue weighted by Gasteiger charge is -2.21. The first kappa shape index (κ1) is 11.8. The van der Waals surface area contributed by atoms with Crippen LogP contribution in [-0.2, 0) is 4.79 Å². The molecule has 1 aliphatic rings. The maximum absolute atomic E-state index is 11.3. The largest absolute Gasteiger partial charge is 0.548 e. The second-order valence-corrected chi connectivity index (χ2v) is 4.39. The van der Waals surface area contributed by atoms with Gasteiger partial charge in [0.05, 0.1) is 12.0 Å². The second kappa shape index (κ2) is 5.00. The zero-order valence-corrected chi connectivity index (χ0v) is 9.08. The average Bonchev–Trinajstić information content (AvgIpc) is 2.85. The summed E-state index contributed by atoms with van der Waals surface area (Å²) < 4.78 is 0. The van der Waals surface area contributed by atoms with Gasteiger partial charge in [0.25, 0.3) is 0 Å². The molecule has 5 heteroatoms. The van der Waals surface area contributed by atoms with Gasteiger partial charge >= 0.3 is 6.03 Å². The Morgan fingerprint density at radius 2 is 2.00 bits per heavy atom. The highest BCUT2D eigenvalue weighted by atomic mass is 16.4. The van der Waals surface area contributed by atoms with Crippen molar-refractivity contribution in [3.63, 3.8) is 0 Å². The molecule has 0 bridgehead atoms. The highest BCUT2D eigenvalue weighted by Gasteiger charge is 2.24. The quantitative estimate of drug-likeness (QED) is 0.652. The summed E-state index contributed by atoms with van der Waals surface area (Å²) in [6.07, 6.45) is 2.35. The van der Waals surface area contributed by atoms with Crippen LogP contribution >= 0.6 is 0 Å². The van der Waals surface area contributed by atoms with Crippen molar-refractivity contribution >= 4 is 12.0 Å². The van der Waals surface area contributed by atoms with Crippen LogP contribution in [0.5, 0.6) is 0 Å². The molecule has 0 aromatic rings. The van der Waals surface area contributed by atoms with Crippen LogP contribution in [0, 0.1) is 5.92 Å². The van der Waals surface area contributed by atoms with Crippen molar-refractivity contribution in [3.05, 3.63) is 0 Å². The van der Waals surface area contributed by atoms with Crippen LogP contribution in [0.1, 0.15) is 33.1 Å². The molecule has 2 N–H and O–H groups in total. The lowest BCUT2D eigenvalue weighted by molar-refractivity contribution is -0.308. The zero-order valence-electron chi connectivity index (χ0n) is 9.08. The Bertz CT molecular complexity index is 249. The molecule has 15 heavy (non-hydrogen) atoms. The summed E-state index contributed by atoms with van der Waals surface area (Å²) in [5.74, 6) is -1.02. The molecule has 0 unspecified atom stereocenters. The Morgan fingerprint density at radius 1 is 1.40 bits per heavy atom. The fraction of sp³-hybridized carbons (Fsp3) is 0.800. The molecular weight excluding hydrogens is 196 g/mol. The Kier molecular flexibility index (Phi) is 3.94. The lowest BCUT2D eigenvalue weighted by Crippen LogP contribution is -2.51. The molecule has 0 aromatic carbocycles. The number of urea groups is 1. The summed E-state index contributed by atoms with van der Waals surface area (Å²) in [5, 5.41) is 15.8. The normalized spacial score (nSPS) is 17.3. The van der Waals surface area contributed by atoms with Crippen LogP contribution in [-0.4, -0.2) is 24.1 Å². The first-order valence-corrected chi connectivity index (χ1v) is 5.27. The van der Waals surface area contributed by atoms with E-state index < -0.39 is 18.0 Å². The Balaban J connectivity index is 2.34. The van der Waals surface area contributed by atoms with E-state index >= 15 is 0 Å². The third-order valence-electron chi connectivity index (χ3n) is 2.21. The van der Waals surface area contributed by atoms with Crippen molar-refractivity contribution in [3.8, 4) is 0 Å². The number of nitrogens with one attached hydrogen (secondary N) is 2. The lowest BCUT2D eigenvalue weighted by atomic mass is 10.0. The van der Waals surface area contributed by atoms with Crippen molar-refractivity contribution < 1.29 is 14.7 Å². The number of carboxylic acids is 1. The summed E-state index contributed by atoms with van der Waals surface area (Å²) in [5.41, 5.74) is 0. The molecule has 1 atom stereocenters. The van der Waals surface area contributed by atoms with Gasteiger partial charge in [0.1, 0.15) is 0 Å². The molecule has 0 aliphatic heterocycles. The molecule has 2 amide bonds. The standard InChI is InChI=1S/C10H18N2O3/c1-6(2)5-8(9(13)14)12-10(15)11-7-3-4-7/h6-8H,3-5H2,1-2H3,(H,13,14)(H2,11,12,15)/p-1/t8-/m0/s1. The van der Waals surface area contributed by atoms with Crippen LogP contribution in [0.2, 0.25) is 0 Å². The molecule has 0 heterocycles. The number of rotatable bonds is 5. The van der Waals surface area contributed by atoms with E-state index in [-0.39, 0.29) is 12.0 Å². The molecule has 86 valence electrons. The molecule has 1 rings (SSSR count). The Morgan fingerprint density at radius 3 is 2.40 bits per heavy atom.